The molecule has 0 unspecified atom stereocenters. The second kappa shape index (κ2) is 3.25. The molecule has 7 nitrogen and oxygen atoms in total. The van der Waals surface area contributed by atoms with E-state index in [4.69, 9.17) is 24.5 Å². The van der Waals surface area contributed by atoms with E-state index in [0.29, 0.717) is 0 Å². The minimum absolute atomic E-state index is 0.936. The normalized spacial score (nSPS) is 15.3. The SMILES string of the molecule is CN=C(P(=O)(O)O)[P+](O)(O)O. The molecule has 0 heterocycles. The van der Waals surface area contributed by atoms with E-state index in [-0.39, 0.29) is 0 Å². The third-order valence-corrected chi connectivity index (χ3v) is 3.77. The summed E-state index contributed by atoms with van der Waals surface area (Å²) in [6.07, 6.45) is 0. The first-order valence-electron chi connectivity index (χ1n) is 2.30. The molecule has 0 spiro atoms. The van der Waals surface area contributed by atoms with E-state index in [0.717, 1.165) is 7.05 Å². The van der Waals surface area contributed by atoms with Crippen molar-refractivity contribution in [3.05, 3.63) is 0 Å². The van der Waals surface area contributed by atoms with Gasteiger partial charge in [-0.05, 0) is 0 Å². The molecular formula is C2H8NO6P2+. The van der Waals surface area contributed by atoms with Gasteiger partial charge in [0.2, 0.25) is 0 Å². The summed E-state index contributed by atoms with van der Waals surface area (Å²) in [4.78, 5) is 44.8. The Hall–Kier alpha value is 0.130. The predicted octanol–water partition coefficient (Wildman–Crippen LogP) is -1.11. The fourth-order valence-electron chi connectivity index (χ4n) is 0.439. The molecule has 9 heteroatoms. The van der Waals surface area contributed by atoms with Crippen LogP contribution >= 0.6 is 15.5 Å². The van der Waals surface area contributed by atoms with Crippen LogP contribution in [0.4, 0.5) is 0 Å². The van der Waals surface area contributed by atoms with Crippen molar-refractivity contribution in [2.24, 2.45) is 4.99 Å². The van der Waals surface area contributed by atoms with E-state index in [1.54, 1.807) is 0 Å². The first kappa shape index (κ1) is 11.1. The zero-order valence-electron chi connectivity index (χ0n) is 5.49. The Balaban J connectivity index is 4.90. The summed E-state index contributed by atoms with van der Waals surface area (Å²) in [7, 11) is -8.57. The van der Waals surface area contributed by atoms with Gasteiger partial charge in [-0.1, -0.05) is 0 Å². The molecule has 0 rings (SSSR count). The van der Waals surface area contributed by atoms with Crippen LogP contribution in [0.25, 0.3) is 0 Å². The lowest BCUT2D eigenvalue weighted by Gasteiger charge is -2.05. The van der Waals surface area contributed by atoms with Gasteiger partial charge in [-0.3, -0.25) is 0 Å². The highest BCUT2D eigenvalue weighted by molar-refractivity contribution is 8.00. The average molecular weight is 204 g/mol. The minimum Gasteiger partial charge on any atom is -0.317 e. The predicted molar refractivity (Wildman–Crippen MR) is 39.0 cm³/mol. The maximum Gasteiger partial charge on any atom is 0.469 e. The molecule has 0 saturated carbocycles. The van der Waals surface area contributed by atoms with E-state index in [1.165, 1.54) is 0 Å². The maximum atomic E-state index is 10.3. The summed E-state index contributed by atoms with van der Waals surface area (Å²) in [6.45, 7) is 0. The van der Waals surface area contributed by atoms with Gasteiger partial charge in [-0.15, -0.1) is 0 Å². The molecule has 0 aliphatic carbocycles. The van der Waals surface area contributed by atoms with Crippen molar-refractivity contribution in [3.8, 4) is 0 Å². The van der Waals surface area contributed by atoms with Crippen LogP contribution in [0.15, 0.2) is 4.99 Å². The van der Waals surface area contributed by atoms with Gasteiger partial charge in [0.1, 0.15) is 0 Å². The molecular weight excluding hydrogens is 196 g/mol. The van der Waals surface area contributed by atoms with Gasteiger partial charge in [0, 0.05) is 7.05 Å². The Labute approximate surface area is 62.8 Å². The van der Waals surface area contributed by atoms with Gasteiger partial charge in [0.15, 0.2) is 0 Å². The second-order valence-electron chi connectivity index (χ2n) is 1.64. The topological polar surface area (TPSA) is 131 Å². The molecule has 0 aromatic rings. The molecule has 0 aromatic heterocycles. The Bertz CT molecular complexity index is 211. The lowest BCUT2D eigenvalue weighted by Crippen LogP contribution is -2.05. The highest BCUT2D eigenvalue weighted by Crippen LogP contribution is 2.60. The van der Waals surface area contributed by atoms with Gasteiger partial charge >= 0.3 is 20.7 Å². The number of hydrogen-bond donors (Lipinski definition) is 5. The second-order valence-corrected chi connectivity index (χ2v) is 5.06. The summed E-state index contributed by atoms with van der Waals surface area (Å²) in [5.41, 5.74) is 0. The van der Waals surface area contributed by atoms with Crippen molar-refractivity contribution in [1.29, 1.82) is 0 Å². The number of rotatable bonds is 2. The molecule has 66 valence electrons. The third-order valence-electron chi connectivity index (χ3n) is 0.729. The van der Waals surface area contributed by atoms with Crippen molar-refractivity contribution in [2.45, 2.75) is 0 Å². The number of hydrogen-bond acceptors (Lipinski definition) is 5. The van der Waals surface area contributed by atoms with E-state index < -0.39 is 20.7 Å². The molecule has 0 aliphatic heterocycles. The van der Waals surface area contributed by atoms with Crippen molar-refractivity contribution in [3.63, 3.8) is 0 Å². The van der Waals surface area contributed by atoms with Crippen LogP contribution in [0, 0.1) is 0 Å². The zero-order chi connectivity index (χ0) is 9.28. The Morgan fingerprint density at radius 2 is 1.73 bits per heavy atom. The maximum absolute atomic E-state index is 10.3. The molecule has 0 aromatic carbocycles. The van der Waals surface area contributed by atoms with Crippen LogP contribution in [0.3, 0.4) is 0 Å². The summed E-state index contributed by atoms with van der Waals surface area (Å²) in [6, 6.07) is 0. The zero-order valence-corrected chi connectivity index (χ0v) is 7.27. The van der Waals surface area contributed by atoms with Crippen LogP contribution in [0.5, 0.6) is 0 Å². The van der Waals surface area contributed by atoms with Crippen LogP contribution < -0.4 is 0 Å². The van der Waals surface area contributed by atoms with E-state index >= 15 is 0 Å². The number of nitrogens with zero attached hydrogens (tertiary/aromatic N) is 1. The van der Waals surface area contributed by atoms with Crippen molar-refractivity contribution >= 4 is 20.7 Å². The van der Waals surface area contributed by atoms with Crippen LogP contribution in [-0.2, 0) is 4.57 Å². The van der Waals surface area contributed by atoms with Gasteiger partial charge in [-0.2, -0.15) is 14.7 Å². The first-order chi connectivity index (χ1) is 4.69. The quantitative estimate of drug-likeness (QED) is 0.286. The van der Waals surface area contributed by atoms with E-state index in [1.807, 2.05) is 0 Å². The molecule has 0 aliphatic rings. The standard InChI is InChI=1S/C2H7NO6P2/c1-3-2(10(4,5)6)11(7,8)9/h4-6H,1H3,(H-,7,8,9)/p+1. The van der Waals surface area contributed by atoms with Crippen molar-refractivity contribution in [2.75, 3.05) is 7.05 Å². The average Bonchev–Trinajstić information content (AvgIpc) is 1.56. The van der Waals surface area contributed by atoms with Crippen molar-refractivity contribution < 1.29 is 29.0 Å². The highest BCUT2D eigenvalue weighted by atomic mass is 31.3. The fraction of sp³-hybridized carbons (Fsp3) is 0.500. The molecule has 0 radical (unpaired) electrons. The molecule has 0 bridgehead atoms. The van der Waals surface area contributed by atoms with Gasteiger partial charge in [0.05, 0.1) is 0 Å². The number of aliphatic imine (C=N–C) groups is 1. The molecule has 0 atom stereocenters. The molecule has 0 amide bonds. The summed E-state index contributed by atoms with van der Waals surface area (Å²) in [5, 5.41) is -1.27. The Kier molecular flexibility index (Phi) is 3.28. The first-order valence-corrected chi connectivity index (χ1v) is 5.56. The van der Waals surface area contributed by atoms with Crippen molar-refractivity contribution in [1.82, 2.24) is 0 Å². The molecule has 0 saturated heterocycles. The van der Waals surface area contributed by atoms with Gasteiger partial charge < -0.3 is 9.79 Å². The lowest BCUT2D eigenvalue weighted by atomic mass is 11.4. The Morgan fingerprint density at radius 3 is 1.73 bits per heavy atom. The Morgan fingerprint density at radius 1 is 1.36 bits per heavy atom. The summed E-state index contributed by atoms with van der Waals surface area (Å²) in [5.74, 6) is 0. The molecule has 11 heavy (non-hydrogen) atoms. The third kappa shape index (κ3) is 3.35. The minimum atomic E-state index is -4.85. The monoisotopic (exact) mass is 204 g/mol. The highest BCUT2D eigenvalue weighted by Gasteiger charge is 2.51. The van der Waals surface area contributed by atoms with E-state index in [2.05, 4.69) is 4.99 Å². The summed E-state index contributed by atoms with van der Waals surface area (Å²) < 4.78 is 10.3. The molecule has 5 N–H and O–H groups in total. The van der Waals surface area contributed by atoms with Crippen LogP contribution in [0.2, 0.25) is 0 Å². The van der Waals surface area contributed by atoms with E-state index in [9.17, 15) is 4.57 Å². The molecule has 0 fully saturated rings. The van der Waals surface area contributed by atoms with Gasteiger partial charge in [0.25, 0.3) is 0 Å². The van der Waals surface area contributed by atoms with Gasteiger partial charge in [-0.25, -0.2) is 9.56 Å². The smallest absolute Gasteiger partial charge is 0.317 e. The fourth-order valence-corrected chi connectivity index (χ4v) is 2.37. The summed E-state index contributed by atoms with van der Waals surface area (Å²) >= 11 is 0. The van der Waals surface area contributed by atoms with Crippen LogP contribution in [0.1, 0.15) is 0 Å². The lowest BCUT2D eigenvalue weighted by molar-refractivity contribution is 0.349. The largest absolute Gasteiger partial charge is 0.469 e. The van der Waals surface area contributed by atoms with Crippen LogP contribution in [-0.4, -0.2) is 36.7 Å².